The maximum atomic E-state index is 14.0. The molecule has 0 aliphatic rings. The molecule has 4 aromatic rings. The first-order valence-electron chi connectivity index (χ1n) is 14.8. The molecule has 2 heterocycles. The summed E-state index contributed by atoms with van der Waals surface area (Å²) in [5, 5.41) is 20.1. The van der Waals surface area contributed by atoms with Gasteiger partial charge in [0.1, 0.15) is 11.4 Å². The largest absolute Gasteiger partial charge is 1.00 e. The number of nitrogens with zero attached hydrogens (tertiary/aromatic N) is 5. The molecule has 9 nitrogen and oxygen atoms in total. The zero-order chi connectivity index (χ0) is 35.9. The van der Waals surface area contributed by atoms with Crippen molar-refractivity contribution in [1.82, 2.24) is 15.0 Å². The number of hydrogen-bond donors (Lipinski definition) is 0. The van der Waals surface area contributed by atoms with Crippen LogP contribution in [0, 0.1) is 11.3 Å². The molecule has 0 amide bonds. The number of pyridine rings is 1. The molecule has 258 valence electrons. The molecule has 0 spiro atoms. The summed E-state index contributed by atoms with van der Waals surface area (Å²) in [6, 6.07) is 11.0. The van der Waals surface area contributed by atoms with Gasteiger partial charge in [0.2, 0.25) is 5.95 Å². The van der Waals surface area contributed by atoms with Crippen molar-refractivity contribution in [2.75, 3.05) is 18.6 Å². The Morgan fingerprint density at radius 3 is 2.22 bits per heavy atom. The van der Waals surface area contributed by atoms with Gasteiger partial charge >= 0.3 is 41.9 Å². The van der Waals surface area contributed by atoms with E-state index in [1.807, 2.05) is 13.8 Å². The first-order chi connectivity index (χ1) is 23.1. The summed E-state index contributed by atoms with van der Waals surface area (Å²) in [5.74, 6) is -0.948. The van der Waals surface area contributed by atoms with E-state index in [0.29, 0.717) is 11.8 Å². The van der Waals surface area contributed by atoms with Gasteiger partial charge in [-0.1, -0.05) is 19.9 Å². The molecule has 0 radical (unpaired) electrons. The first kappa shape index (κ1) is 40.0. The molecular formula is C34H30F6N5NaO4. The topological polar surface area (TPSA) is 124 Å². The Balaban J connectivity index is 0.00000676. The number of alkyl halides is 6. The van der Waals surface area contributed by atoms with Gasteiger partial charge in [-0.15, -0.1) is 0 Å². The van der Waals surface area contributed by atoms with Crippen molar-refractivity contribution in [3.63, 3.8) is 0 Å². The predicted molar refractivity (Wildman–Crippen MR) is 163 cm³/mol. The standard InChI is InChI=1S/C34H31F6N5O4.Na/c1-20(2)28-8-9-29(48-3)31(44-28)27-7-6-24(33(35,36)37)14-23(27)19-45(18-22-11-21(15-41)12-25(13-22)34(38,39)40)32-42-16-26(17-43-32)49-10-4-5-30(46)47;/h6-9,11-14,16-17,20H,4-5,10,18-19H2,1-3H3,(H,46,47);/q;+1/p-1. The van der Waals surface area contributed by atoms with Crippen LogP contribution in [0.4, 0.5) is 32.3 Å². The van der Waals surface area contributed by atoms with E-state index in [2.05, 4.69) is 15.0 Å². The van der Waals surface area contributed by atoms with Gasteiger partial charge in [0, 0.05) is 30.3 Å². The van der Waals surface area contributed by atoms with E-state index in [0.717, 1.165) is 18.2 Å². The van der Waals surface area contributed by atoms with Crippen molar-refractivity contribution < 1.29 is 75.3 Å². The van der Waals surface area contributed by atoms with Crippen LogP contribution < -0.4 is 49.0 Å². The van der Waals surface area contributed by atoms with Crippen LogP contribution in [0.25, 0.3) is 11.3 Å². The minimum Gasteiger partial charge on any atom is -0.550 e. The summed E-state index contributed by atoms with van der Waals surface area (Å²) in [6.07, 6.45) is -7.13. The van der Waals surface area contributed by atoms with E-state index >= 15 is 0 Å². The maximum absolute atomic E-state index is 14.0. The number of nitriles is 1. The van der Waals surface area contributed by atoms with Crippen LogP contribution in [-0.4, -0.2) is 34.6 Å². The molecule has 0 unspecified atom stereocenters. The number of halogens is 6. The van der Waals surface area contributed by atoms with E-state index in [-0.39, 0.29) is 113 Å². The van der Waals surface area contributed by atoms with Crippen molar-refractivity contribution in [3.05, 3.63) is 94.4 Å². The Morgan fingerprint density at radius 2 is 1.64 bits per heavy atom. The molecule has 2 aromatic heterocycles. The second-order valence-corrected chi connectivity index (χ2v) is 11.2. The van der Waals surface area contributed by atoms with E-state index in [1.165, 1.54) is 36.5 Å². The average molecular weight is 710 g/mol. The van der Waals surface area contributed by atoms with Gasteiger partial charge in [0.25, 0.3) is 0 Å². The van der Waals surface area contributed by atoms with Gasteiger partial charge in [-0.25, -0.2) is 15.0 Å². The van der Waals surface area contributed by atoms with Gasteiger partial charge in [-0.05, 0) is 72.4 Å². The van der Waals surface area contributed by atoms with Crippen molar-refractivity contribution in [1.29, 1.82) is 5.26 Å². The third-order valence-corrected chi connectivity index (χ3v) is 7.25. The number of carboxylic acids is 1. The second-order valence-electron chi connectivity index (χ2n) is 11.2. The van der Waals surface area contributed by atoms with Crippen LogP contribution in [0.2, 0.25) is 0 Å². The van der Waals surface area contributed by atoms with Crippen molar-refractivity contribution >= 4 is 11.9 Å². The third kappa shape index (κ3) is 10.6. The molecule has 16 heteroatoms. The Kier molecular flexibility index (Phi) is 13.6. The molecule has 2 aromatic carbocycles. The van der Waals surface area contributed by atoms with Crippen LogP contribution in [0.1, 0.15) is 66.1 Å². The molecule has 4 rings (SSSR count). The fourth-order valence-corrected chi connectivity index (χ4v) is 4.86. The van der Waals surface area contributed by atoms with Crippen molar-refractivity contribution in [3.8, 4) is 28.8 Å². The number of methoxy groups -OCH3 is 1. The zero-order valence-electron chi connectivity index (χ0n) is 27.5. The smallest absolute Gasteiger partial charge is 0.550 e. The summed E-state index contributed by atoms with van der Waals surface area (Å²) in [6.45, 7) is 3.09. The molecule has 0 N–H and O–H groups in total. The SMILES string of the molecule is COc1ccc(C(C)C)nc1-c1ccc(C(F)(F)F)cc1CN(Cc1cc(C#N)cc(C(F)(F)F)c1)c1ncc(OCCCC(=O)[O-])cn1.[Na+]. The minimum absolute atomic E-state index is 0. The number of benzene rings is 2. The maximum Gasteiger partial charge on any atom is 1.00 e. The molecule has 0 saturated carbocycles. The molecule has 0 bridgehead atoms. The Hall–Kier alpha value is -4.39. The molecule has 0 saturated heterocycles. The number of carbonyl (C=O) groups is 1. The molecule has 0 aliphatic carbocycles. The minimum atomic E-state index is -4.78. The zero-order valence-corrected chi connectivity index (χ0v) is 29.5. The molecular weight excluding hydrogens is 679 g/mol. The van der Waals surface area contributed by atoms with Crippen molar-refractivity contribution in [2.24, 2.45) is 0 Å². The fraction of sp³-hybridized carbons (Fsp3) is 0.324. The van der Waals surface area contributed by atoms with Gasteiger partial charge < -0.3 is 24.3 Å². The summed E-state index contributed by atoms with van der Waals surface area (Å²) >= 11 is 0. The van der Waals surface area contributed by atoms with Crippen LogP contribution in [0.15, 0.2) is 60.9 Å². The monoisotopic (exact) mass is 709 g/mol. The van der Waals surface area contributed by atoms with Gasteiger partial charge in [-0.2, -0.15) is 31.6 Å². The van der Waals surface area contributed by atoms with E-state index in [1.54, 1.807) is 18.2 Å². The third-order valence-electron chi connectivity index (χ3n) is 7.25. The number of ether oxygens (including phenoxy) is 2. The number of hydrogen-bond acceptors (Lipinski definition) is 9. The number of aromatic nitrogens is 3. The summed E-state index contributed by atoms with van der Waals surface area (Å²) < 4.78 is 94.2. The summed E-state index contributed by atoms with van der Waals surface area (Å²) in [7, 11) is 1.39. The quantitative estimate of drug-likeness (QED) is 0.116. The molecule has 0 atom stereocenters. The molecule has 0 aliphatic heterocycles. The van der Waals surface area contributed by atoms with Gasteiger partial charge in [0.15, 0.2) is 5.75 Å². The van der Waals surface area contributed by atoms with E-state index < -0.39 is 29.4 Å². The van der Waals surface area contributed by atoms with Crippen LogP contribution in [-0.2, 0) is 30.2 Å². The average Bonchev–Trinajstić information content (AvgIpc) is 3.05. The second kappa shape index (κ2) is 17.0. The summed E-state index contributed by atoms with van der Waals surface area (Å²) in [4.78, 5) is 25.2. The van der Waals surface area contributed by atoms with Gasteiger partial charge in [0.05, 0.1) is 48.9 Å². The van der Waals surface area contributed by atoms with Crippen LogP contribution in [0.3, 0.4) is 0 Å². The predicted octanol–water partition coefficient (Wildman–Crippen LogP) is 3.70. The number of anilines is 1. The number of carboxylic acid groups (broad SMARTS) is 1. The fourth-order valence-electron chi connectivity index (χ4n) is 4.86. The Morgan fingerprint density at radius 1 is 0.960 bits per heavy atom. The summed E-state index contributed by atoms with van der Waals surface area (Å²) in [5.41, 5.74) is -1.06. The number of aliphatic carboxylic acids is 1. The van der Waals surface area contributed by atoms with Crippen molar-refractivity contribution in [2.45, 2.75) is 58.0 Å². The number of carbonyl (C=O) groups excluding carboxylic acids is 1. The normalized spacial score (nSPS) is 11.5. The Bertz CT molecular complexity index is 1830. The van der Waals surface area contributed by atoms with Gasteiger partial charge in [-0.3, -0.25) is 0 Å². The van der Waals surface area contributed by atoms with E-state index in [4.69, 9.17) is 9.47 Å². The van der Waals surface area contributed by atoms with Crippen LogP contribution >= 0.6 is 0 Å². The number of rotatable bonds is 13. The molecule has 0 fully saturated rings. The Labute approximate surface area is 306 Å². The van der Waals surface area contributed by atoms with Crippen LogP contribution in [0.5, 0.6) is 11.5 Å². The molecule has 50 heavy (non-hydrogen) atoms. The first-order valence-corrected chi connectivity index (χ1v) is 14.8. The van der Waals surface area contributed by atoms with E-state index in [9.17, 15) is 41.5 Å².